The van der Waals surface area contributed by atoms with E-state index in [1.54, 1.807) is 0 Å². The molecule has 0 saturated heterocycles. The Balaban J connectivity index is 1.64. The van der Waals surface area contributed by atoms with Gasteiger partial charge in [-0.15, -0.1) is 0 Å². The smallest absolute Gasteiger partial charge is 0.338 e. The maximum Gasteiger partial charge on any atom is 0.424 e. The number of nitrogens with zero attached hydrogens (tertiary/aromatic N) is 1. The number of hydrogen-bond acceptors (Lipinski definition) is 2. The summed E-state index contributed by atoms with van der Waals surface area (Å²) in [5.74, 6) is 1.64. The first-order chi connectivity index (χ1) is 12.2. The van der Waals surface area contributed by atoms with Gasteiger partial charge in [-0.3, -0.25) is 0 Å². The maximum absolute atomic E-state index is 11.8. The first-order valence-corrected chi connectivity index (χ1v) is 10.3. The monoisotopic (exact) mass is 350 g/mol. The van der Waals surface area contributed by atoms with Crippen LogP contribution in [0.4, 0.5) is 4.79 Å². The van der Waals surface area contributed by atoms with Gasteiger partial charge in [0.05, 0.1) is 0 Å². The first kappa shape index (κ1) is 20.0. The lowest BCUT2D eigenvalue weighted by molar-refractivity contribution is -0.564. The highest BCUT2D eigenvalue weighted by Gasteiger charge is 2.31. The number of amides is 2. The maximum atomic E-state index is 11.8. The standard InChI is InChI=1S/C20H35N3O2/c1-3-13-21-20(25)22-18-9-5-16(6-10-18)14-17-7-11-19(12-8-17)23(4-2)15-24/h16-19H,3-14H2,1-2H3,(H-,21,22,25)/p+1. The van der Waals surface area contributed by atoms with Gasteiger partial charge in [-0.1, -0.05) is 6.92 Å². The average molecular weight is 351 g/mol. The highest BCUT2D eigenvalue weighted by atomic mass is 16.2. The molecular formula is C20H36N3O2+. The molecule has 0 heterocycles. The third-order valence-corrected chi connectivity index (χ3v) is 6.10. The van der Waals surface area contributed by atoms with Gasteiger partial charge in [-0.25, -0.2) is 4.79 Å². The molecule has 0 spiro atoms. The summed E-state index contributed by atoms with van der Waals surface area (Å²) in [6, 6.07) is 0.765. The van der Waals surface area contributed by atoms with E-state index in [0.717, 1.165) is 57.0 Å². The second kappa shape index (κ2) is 10.6. The second-order valence-electron chi connectivity index (χ2n) is 7.91. The van der Waals surface area contributed by atoms with Crippen molar-refractivity contribution >= 4 is 12.1 Å². The summed E-state index contributed by atoms with van der Waals surface area (Å²) in [6.07, 6.45) is 13.9. The lowest BCUT2D eigenvalue weighted by Crippen LogP contribution is -2.44. The third kappa shape index (κ3) is 6.47. The fourth-order valence-electron chi connectivity index (χ4n) is 4.58. The largest absolute Gasteiger partial charge is 0.424 e. The van der Waals surface area contributed by atoms with Crippen LogP contribution in [0, 0.1) is 11.8 Å². The molecule has 2 aliphatic carbocycles. The minimum Gasteiger partial charge on any atom is -0.338 e. The molecule has 2 fully saturated rings. The van der Waals surface area contributed by atoms with Crippen LogP contribution in [0.5, 0.6) is 0 Å². The molecule has 0 aliphatic heterocycles. The number of hydrogen-bond donors (Lipinski definition) is 2. The minimum atomic E-state index is -0.00363. The zero-order chi connectivity index (χ0) is 18.1. The van der Waals surface area contributed by atoms with Crippen molar-refractivity contribution in [2.24, 2.45) is 11.8 Å². The van der Waals surface area contributed by atoms with E-state index in [0.29, 0.717) is 12.1 Å². The summed E-state index contributed by atoms with van der Waals surface area (Å²) in [7, 11) is 0. The van der Waals surface area contributed by atoms with Crippen molar-refractivity contribution < 1.29 is 14.2 Å². The molecule has 2 N–H and O–H groups in total. The number of carbonyl (C=O) groups is 1. The van der Waals surface area contributed by atoms with Crippen molar-refractivity contribution in [1.82, 2.24) is 10.6 Å². The summed E-state index contributed by atoms with van der Waals surface area (Å²) in [5, 5.41) is 6.01. The number of carbonyl (C=O) groups excluding carboxylic acids is 2. The van der Waals surface area contributed by atoms with Crippen molar-refractivity contribution in [2.75, 3.05) is 13.1 Å². The Morgan fingerprint density at radius 3 is 2.12 bits per heavy atom. The van der Waals surface area contributed by atoms with Crippen molar-refractivity contribution in [3.8, 4) is 0 Å². The van der Waals surface area contributed by atoms with E-state index in [1.165, 1.54) is 32.1 Å². The van der Waals surface area contributed by atoms with Gasteiger partial charge in [0.15, 0.2) is 12.6 Å². The lowest BCUT2D eigenvalue weighted by atomic mass is 9.75. The third-order valence-electron chi connectivity index (χ3n) is 6.10. The van der Waals surface area contributed by atoms with Crippen LogP contribution in [0.25, 0.3) is 0 Å². The molecule has 142 valence electrons. The van der Waals surface area contributed by atoms with E-state index in [-0.39, 0.29) is 6.03 Å². The zero-order valence-corrected chi connectivity index (χ0v) is 16.1. The Bertz CT molecular complexity index is 458. The van der Waals surface area contributed by atoms with E-state index < -0.39 is 0 Å². The highest BCUT2D eigenvalue weighted by Crippen LogP contribution is 2.35. The molecule has 0 radical (unpaired) electrons. The van der Waals surface area contributed by atoms with Crippen LogP contribution in [0.3, 0.4) is 0 Å². The summed E-state index contributed by atoms with van der Waals surface area (Å²) < 4.78 is 1.84. The molecule has 0 bridgehead atoms. The van der Waals surface area contributed by atoms with Crippen LogP contribution in [-0.4, -0.2) is 41.9 Å². The van der Waals surface area contributed by atoms with Gasteiger partial charge in [0, 0.05) is 25.4 Å². The van der Waals surface area contributed by atoms with Crippen LogP contribution in [0.1, 0.15) is 78.1 Å². The molecule has 0 atom stereocenters. The van der Waals surface area contributed by atoms with Crippen LogP contribution in [0.15, 0.2) is 0 Å². The Morgan fingerprint density at radius 1 is 1.00 bits per heavy atom. The summed E-state index contributed by atoms with van der Waals surface area (Å²) in [4.78, 5) is 22.7. The fourth-order valence-corrected chi connectivity index (χ4v) is 4.58. The molecule has 0 aromatic rings. The van der Waals surface area contributed by atoms with Gasteiger partial charge in [0.25, 0.3) is 0 Å². The molecule has 2 aliphatic rings. The SMILES string of the molecule is CCCNC(=O)NC1CCC(CC2CCC([N+](=C=O)CC)CC2)CC1. The van der Waals surface area contributed by atoms with Crippen molar-refractivity contribution in [3.63, 3.8) is 0 Å². The molecule has 2 amide bonds. The van der Waals surface area contributed by atoms with E-state index in [2.05, 4.69) is 23.6 Å². The molecule has 0 aromatic carbocycles. The quantitative estimate of drug-likeness (QED) is 0.419. The number of nitrogens with one attached hydrogen (secondary N) is 2. The van der Waals surface area contributed by atoms with Crippen molar-refractivity contribution in [3.05, 3.63) is 0 Å². The summed E-state index contributed by atoms with van der Waals surface area (Å²) in [6.45, 7) is 5.63. The molecule has 2 rings (SSSR count). The topological polar surface area (TPSA) is 61.2 Å². The zero-order valence-electron chi connectivity index (χ0n) is 16.1. The molecule has 0 unspecified atom stereocenters. The predicted octanol–water partition coefficient (Wildman–Crippen LogP) is 3.57. The second-order valence-corrected chi connectivity index (χ2v) is 7.91. The van der Waals surface area contributed by atoms with Gasteiger partial charge in [-0.2, -0.15) is 9.37 Å². The highest BCUT2D eigenvalue weighted by molar-refractivity contribution is 5.74. The molecule has 2 saturated carbocycles. The number of rotatable bonds is 7. The normalized spacial score (nSPS) is 29.5. The van der Waals surface area contributed by atoms with Gasteiger partial charge < -0.3 is 10.6 Å². The number of isocyanates is 1. The Hall–Kier alpha value is -1.35. The first-order valence-electron chi connectivity index (χ1n) is 10.3. The van der Waals surface area contributed by atoms with Crippen molar-refractivity contribution in [1.29, 1.82) is 0 Å². The van der Waals surface area contributed by atoms with Gasteiger partial charge in [0.2, 0.25) is 0 Å². The van der Waals surface area contributed by atoms with Crippen LogP contribution in [-0.2, 0) is 4.79 Å². The molecule has 5 nitrogen and oxygen atoms in total. The van der Waals surface area contributed by atoms with E-state index >= 15 is 0 Å². The molecule has 0 aromatic heterocycles. The minimum absolute atomic E-state index is 0.00363. The fraction of sp³-hybridized carbons (Fsp3) is 0.900. The number of urea groups is 1. The lowest BCUT2D eigenvalue weighted by Gasteiger charge is -2.33. The summed E-state index contributed by atoms with van der Waals surface area (Å²) >= 11 is 0. The average Bonchev–Trinajstić information content (AvgIpc) is 2.64. The van der Waals surface area contributed by atoms with Gasteiger partial charge in [0.1, 0.15) is 0 Å². The van der Waals surface area contributed by atoms with Crippen molar-refractivity contribution in [2.45, 2.75) is 90.1 Å². The van der Waals surface area contributed by atoms with E-state index in [9.17, 15) is 9.59 Å². The van der Waals surface area contributed by atoms with Gasteiger partial charge >= 0.3 is 12.1 Å². The molecular weight excluding hydrogens is 314 g/mol. The van der Waals surface area contributed by atoms with Crippen LogP contribution < -0.4 is 10.6 Å². The predicted molar refractivity (Wildman–Crippen MR) is 99.4 cm³/mol. The Morgan fingerprint density at radius 2 is 1.60 bits per heavy atom. The molecule has 25 heavy (non-hydrogen) atoms. The van der Waals surface area contributed by atoms with E-state index in [4.69, 9.17) is 0 Å². The van der Waals surface area contributed by atoms with Crippen LogP contribution >= 0.6 is 0 Å². The van der Waals surface area contributed by atoms with Crippen LogP contribution in [0.2, 0.25) is 0 Å². The van der Waals surface area contributed by atoms with E-state index in [1.807, 2.05) is 11.5 Å². The van der Waals surface area contributed by atoms with Gasteiger partial charge in [-0.05, 0) is 70.1 Å². The summed E-state index contributed by atoms with van der Waals surface area (Å²) in [5.41, 5.74) is 0. The Labute approximate surface area is 152 Å². The molecule has 5 heteroatoms. The Kier molecular flexibility index (Phi) is 8.47.